The van der Waals surface area contributed by atoms with Gasteiger partial charge in [0.15, 0.2) is 9.84 Å². The minimum absolute atomic E-state index is 0.0441. The van der Waals surface area contributed by atoms with Gasteiger partial charge in [0.25, 0.3) is 5.56 Å². The highest BCUT2D eigenvalue weighted by Crippen LogP contribution is 2.33. The van der Waals surface area contributed by atoms with Crippen molar-refractivity contribution in [2.75, 3.05) is 6.26 Å². The van der Waals surface area contributed by atoms with Gasteiger partial charge in [0.2, 0.25) is 0 Å². The molecule has 0 spiro atoms. The summed E-state index contributed by atoms with van der Waals surface area (Å²) in [5.41, 5.74) is -2.30. The Hall–Kier alpha value is -2.60. The summed E-state index contributed by atoms with van der Waals surface area (Å²) in [7, 11) is -3.95. The van der Waals surface area contributed by atoms with Crippen LogP contribution in [0.3, 0.4) is 0 Å². The molecule has 1 aromatic heterocycles. The van der Waals surface area contributed by atoms with Crippen LogP contribution in [-0.4, -0.2) is 19.7 Å². The zero-order valence-corrected chi connectivity index (χ0v) is 12.4. The van der Waals surface area contributed by atoms with Crippen LogP contribution in [0.15, 0.2) is 40.2 Å². The number of rotatable bonds is 2. The summed E-state index contributed by atoms with van der Waals surface area (Å²) >= 11 is 0. The average Bonchev–Trinajstić information content (AvgIpc) is 2.45. The van der Waals surface area contributed by atoms with E-state index in [1.807, 2.05) is 0 Å². The van der Waals surface area contributed by atoms with Crippen LogP contribution in [0.2, 0.25) is 0 Å². The van der Waals surface area contributed by atoms with E-state index in [9.17, 15) is 26.4 Å². The molecule has 1 heterocycles. The van der Waals surface area contributed by atoms with E-state index in [4.69, 9.17) is 5.26 Å². The van der Waals surface area contributed by atoms with E-state index in [2.05, 4.69) is 4.98 Å². The lowest BCUT2D eigenvalue weighted by Gasteiger charge is -2.11. The van der Waals surface area contributed by atoms with Crippen molar-refractivity contribution in [3.05, 3.63) is 51.9 Å². The third kappa shape index (κ3) is 3.27. The molecule has 9 heteroatoms. The SMILES string of the molecule is CS(=O)(=O)c1c(-c2ccc(C(F)(F)F)cc2)c[nH]c(=O)c1C#N. The van der Waals surface area contributed by atoms with E-state index in [0.29, 0.717) is 0 Å². The van der Waals surface area contributed by atoms with E-state index in [-0.39, 0.29) is 11.1 Å². The smallest absolute Gasteiger partial charge is 0.327 e. The molecular weight excluding hydrogens is 333 g/mol. The van der Waals surface area contributed by atoms with Crippen molar-refractivity contribution >= 4 is 9.84 Å². The number of pyridine rings is 1. The van der Waals surface area contributed by atoms with E-state index in [0.717, 1.165) is 36.7 Å². The van der Waals surface area contributed by atoms with Crippen molar-refractivity contribution in [3.63, 3.8) is 0 Å². The maximum atomic E-state index is 12.6. The molecule has 0 saturated carbocycles. The van der Waals surface area contributed by atoms with Crippen molar-refractivity contribution in [2.45, 2.75) is 11.1 Å². The van der Waals surface area contributed by atoms with Gasteiger partial charge < -0.3 is 4.98 Å². The first-order chi connectivity index (χ1) is 10.6. The number of halogens is 3. The van der Waals surface area contributed by atoms with Crippen LogP contribution in [-0.2, 0) is 16.0 Å². The van der Waals surface area contributed by atoms with Gasteiger partial charge in [-0.2, -0.15) is 18.4 Å². The van der Waals surface area contributed by atoms with E-state index in [1.165, 1.54) is 6.07 Å². The lowest BCUT2D eigenvalue weighted by molar-refractivity contribution is -0.137. The Labute approximate surface area is 128 Å². The zero-order chi connectivity index (χ0) is 17.4. The van der Waals surface area contributed by atoms with Crippen molar-refractivity contribution in [3.8, 4) is 17.2 Å². The zero-order valence-electron chi connectivity index (χ0n) is 11.6. The molecule has 0 unspecified atom stereocenters. The summed E-state index contributed by atoms with van der Waals surface area (Å²) < 4.78 is 61.5. The second kappa shape index (κ2) is 5.55. The summed E-state index contributed by atoms with van der Waals surface area (Å²) in [5, 5.41) is 9.00. The molecule has 2 aromatic rings. The van der Waals surface area contributed by atoms with Gasteiger partial charge in [0, 0.05) is 18.0 Å². The van der Waals surface area contributed by atoms with Gasteiger partial charge >= 0.3 is 6.18 Å². The highest BCUT2D eigenvalue weighted by Gasteiger charge is 2.30. The normalized spacial score (nSPS) is 12.0. The summed E-state index contributed by atoms with van der Waals surface area (Å²) in [6.45, 7) is 0. The molecule has 0 aliphatic heterocycles. The average molecular weight is 342 g/mol. The number of H-pyrrole nitrogens is 1. The standard InChI is InChI=1S/C14H9F3N2O3S/c1-23(21,22)12-10(6-18)13(20)19-7-11(12)8-2-4-9(5-3-8)14(15,16)17/h2-5,7H,1H3,(H,19,20). The van der Waals surface area contributed by atoms with Crippen LogP contribution in [0.1, 0.15) is 11.1 Å². The number of alkyl halides is 3. The molecule has 0 fully saturated rings. The van der Waals surface area contributed by atoms with Crippen LogP contribution < -0.4 is 5.56 Å². The number of nitriles is 1. The molecular formula is C14H9F3N2O3S. The molecule has 0 atom stereocenters. The molecule has 0 radical (unpaired) electrons. The van der Waals surface area contributed by atoms with Gasteiger partial charge in [-0.05, 0) is 17.7 Å². The van der Waals surface area contributed by atoms with Crippen molar-refractivity contribution in [1.82, 2.24) is 4.98 Å². The van der Waals surface area contributed by atoms with Crippen LogP contribution in [0.4, 0.5) is 13.2 Å². The number of benzene rings is 1. The maximum Gasteiger partial charge on any atom is 0.416 e. The number of hydrogen-bond donors (Lipinski definition) is 1. The number of sulfone groups is 1. The number of nitrogens with one attached hydrogen (secondary N) is 1. The Kier molecular flexibility index (Phi) is 4.05. The largest absolute Gasteiger partial charge is 0.416 e. The Morgan fingerprint density at radius 2 is 1.74 bits per heavy atom. The van der Waals surface area contributed by atoms with Crippen molar-refractivity contribution < 1.29 is 21.6 Å². The third-order valence-corrected chi connectivity index (χ3v) is 4.22. The lowest BCUT2D eigenvalue weighted by atomic mass is 10.0. The molecule has 0 aliphatic rings. The highest BCUT2D eigenvalue weighted by atomic mass is 32.2. The summed E-state index contributed by atoms with van der Waals surface area (Å²) in [5.74, 6) is 0. The van der Waals surface area contributed by atoms with Gasteiger partial charge in [-0.3, -0.25) is 4.79 Å². The first-order valence-electron chi connectivity index (χ1n) is 6.09. The molecule has 5 nitrogen and oxygen atoms in total. The van der Waals surface area contributed by atoms with Gasteiger partial charge in [-0.25, -0.2) is 8.42 Å². The van der Waals surface area contributed by atoms with Gasteiger partial charge in [0.1, 0.15) is 11.6 Å². The minimum Gasteiger partial charge on any atom is -0.327 e. The molecule has 1 N–H and O–H groups in total. The second-order valence-electron chi connectivity index (χ2n) is 4.69. The van der Waals surface area contributed by atoms with Gasteiger partial charge in [0.05, 0.1) is 10.5 Å². The Bertz CT molecular complexity index is 953. The van der Waals surface area contributed by atoms with Crippen molar-refractivity contribution in [1.29, 1.82) is 5.26 Å². The fraction of sp³-hybridized carbons (Fsp3) is 0.143. The quantitative estimate of drug-likeness (QED) is 0.907. The molecule has 0 saturated heterocycles. The molecule has 120 valence electrons. The number of hydrogen-bond acceptors (Lipinski definition) is 4. The van der Waals surface area contributed by atoms with Crippen LogP contribution in [0, 0.1) is 11.3 Å². The minimum atomic E-state index is -4.53. The molecule has 1 aromatic carbocycles. The van der Waals surface area contributed by atoms with Crippen LogP contribution >= 0.6 is 0 Å². The molecule has 2 rings (SSSR count). The second-order valence-corrected chi connectivity index (χ2v) is 6.65. The molecule has 0 amide bonds. The van der Waals surface area contributed by atoms with E-state index >= 15 is 0 Å². The fourth-order valence-electron chi connectivity index (χ4n) is 2.05. The topological polar surface area (TPSA) is 90.8 Å². The Balaban J connectivity index is 2.75. The van der Waals surface area contributed by atoms with E-state index in [1.54, 1.807) is 0 Å². The van der Waals surface area contributed by atoms with Crippen molar-refractivity contribution in [2.24, 2.45) is 0 Å². The van der Waals surface area contributed by atoms with Gasteiger partial charge in [-0.15, -0.1) is 0 Å². The monoisotopic (exact) mass is 342 g/mol. The first kappa shape index (κ1) is 16.8. The van der Waals surface area contributed by atoms with Crippen LogP contribution in [0.25, 0.3) is 11.1 Å². The number of nitrogens with zero attached hydrogens (tertiary/aromatic N) is 1. The Morgan fingerprint density at radius 3 is 2.17 bits per heavy atom. The predicted octanol–water partition coefficient (Wildman–Crippen LogP) is 2.34. The molecule has 0 aliphatic carbocycles. The third-order valence-electron chi connectivity index (χ3n) is 3.05. The molecule has 23 heavy (non-hydrogen) atoms. The highest BCUT2D eigenvalue weighted by molar-refractivity contribution is 7.91. The maximum absolute atomic E-state index is 12.6. The van der Waals surface area contributed by atoms with Gasteiger partial charge in [-0.1, -0.05) is 12.1 Å². The summed E-state index contributed by atoms with van der Waals surface area (Å²) in [4.78, 5) is 13.3. The van der Waals surface area contributed by atoms with E-state index < -0.39 is 37.6 Å². The summed E-state index contributed by atoms with van der Waals surface area (Å²) in [6.07, 6.45) is -2.65. The Morgan fingerprint density at radius 1 is 1.17 bits per heavy atom. The molecule has 0 bridgehead atoms. The van der Waals surface area contributed by atoms with Crippen LogP contribution in [0.5, 0.6) is 0 Å². The number of aromatic nitrogens is 1. The number of aromatic amines is 1. The first-order valence-corrected chi connectivity index (χ1v) is 7.98. The summed E-state index contributed by atoms with van der Waals surface area (Å²) in [6, 6.07) is 5.25. The lowest BCUT2D eigenvalue weighted by Crippen LogP contribution is -2.16. The fourth-order valence-corrected chi connectivity index (χ4v) is 3.14. The predicted molar refractivity (Wildman–Crippen MR) is 75.3 cm³/mol.